The molecular formula is C28H33Cl3N4O3. The van der Waals surface area contributed by atoms with Crippen LogP contribution in [0.1, 0.15) is 32.3 Å². The molecule has 4 rings (SSSR count). The summed E-state index contributed by atoms with van der Waals surface area (Å²) in [7, 11) is 0. The number of amides is 3. The van der Waals surface area contributed by atoms with Crippen LogP contribution in [0.4, 0.5) is 5.69 Å². The number of piperidine rings is 1. The molecule has 3 amide bonds. The first-order valence-electron chi connectivity index (χ1n) is 12.8. The van der Waals surface area contributed by atoms with Crippen LogP contribution in [0.2, 0.25) is 10.0 Å². The molecular weight excluding hydrogens is 547 g/mol. The summed E-state index contributed by atoms with van der Waals surface area (Å²) in [6, 6.07) is 15.0. The van der Waals surface area contributed by atoms with E-state index in [0.717, 1.165) is 11.3 Å². The van der Waals surface area contributed by atoms with Gasteiger partial charge in [0.05, 0.1) is 12.1 Å². The Kier molecular flexibility index (Phi) is 8.80. The van der Waals surface area contributed by atoms with Crippen LogP contribution in [-0.4, -0.2) is 71.8 Å². The summed E-state index contributed by atoms with van der Waals surface area (Å²) in [6.45, 7) is 5.24. The maximum Gasteiger partial charge on any atom is 0.250 e. The summed E-state index contributed by atoms with van der Waals surface area (Å²) in [4.78, 5) is 45.2. The number of hydrogen-bond donors (Lipinski definition) is 1. The van der Waals surface area contributed by atoms with Crippen molar-refractivity contribution >= 4 is 58.2 Å². The molecule has 2 saturated heterocycles. The Morgan fingerprint density at radius 1 is 1.05 bits per heavy atom. The van der Waals surface area contributed by atoms with Gasteiger partial charge in [0.15, 0.2) is 0 Å². The van der Waals surface area contributed by atoms with Gasteiger partial charge in [-0.3, -0.25) is 14.4 Å². The Morgan fingerprint density at radius 2 is 1.74 bits per heavy atom. The van der Waals surface area contributed by atoms with E-state index in [1.807, 2.05) is 50.2 Å². The van der Waals surface area contributed by atoms with Crippen molar-refractivity contribution in [2.45, 2.75) is 38.6 Å². The van der Waals surface area contributed by atoms with Gasteiger partial charge in [0.25, 0.3) is 5.91 Å². The number of hydrogen-bond acceptors (Lipinski definition) is 4. The molecule has 0 unspecified atom stereocenters. The molecule has 38 heavy (non-hydrogen) atoms. The molecule has 0 aromatic heterocycles. The van der Waals surface area contributed by atoms with Gasteiger partial charge in [0.1, 0.15) is 12.1 Å². The summed E-state index contributed by atoms with van der Waals surface area (Å²) in [5.74, 6) is -0.0858. The highest BCUT2D eigenvalue weighted by Crippen LogP contribution is 2.40. The maximum absolute atomic E-state index is 13.9. The Labute approximate surface area is 239 Å². The lowest BCUT2D eigenvalue weighted by atomic mass is 9.84. The highest BCUT2D eigenvalue weighted by molar-refractivity contribution is 6.35. The number of nitrogens with one attached hydrogen (secondary N) is 1. The van der Waals surface area contributed by atoms with Gasteiger partial charge in [-0.2, -0.15) is 0 Å². The van der Waals surface area contributed by atoms with Crippen molar-refractivity contribution in [3.63, 3.8) is 0 Å². The van der Waals surface area contributed by atoms with Gasteiger partial charge in [-0.25, -0.2) is 0 Å². The normalized spacial score (nSPS) is 17.3. The van der Waals surface area contributed by atoms with E-state index in [1.165, 1.54) is 0 Å². The molecule has 0 atom stereocenters. The van der Waals surface area contributed by atoms with Crippen molar-refractivity contribution in [1.82, 2.24) is 15.1 Å². The van der Waals surface area contributed by atoms with E-state index < -0.39 is 11.0 Å². The number of carbonyl (C=O) groups excluding carboxylic acids is 3. The van der Waals surface area contributed by atoms with Gasteiger partial charge in [0, 0.05) is 41.2 Å². The SMILES string of the molecule is CC(C)(CCl)C(=O)N1CCC2(CC1)C(=O)N(CC(=O)NCCc1ccc(Cl)cc1Cl)CN2c1ccccc1. The van der Waals surface area contributed by atoms with E-state index in [9.17, 15) is 14.4 Å². The second-order valence-corrected chi connectivity index (χ2v) is 11.7. The number of para-hydroxylation sites is 1. The maximum atomic E-state index is 13.9. The van der Waals surface area contributed by atoms with Crippen LogP contribution >= 0.6 is 34.8 Å². The third-order valence-corrected chi connectivity index (χ3v) is 8.69. The molecule has 2 fully saturated rings. The van der Waals surface area contributed by atoms with Crippen molar-refractivity contribution in [3.05, 3.63) is 64.1 Å². The zero-order valence-corrected chi connectivity index (χ0v) is 24.0. The van der Waals surface area contributed by atoms with Gasteiger partial charge in [-0.05, 0) is 62.9 Å². The van der Waals surface area contributed by atoms with E-state index in [4.69, 9.17) is 34.8 Å². The molecule has 0 aliphatic carbocycles. The third kappa shape index (κ3) is 5.90. The molecule has 0 saturated carbocycles. The van der Waals surface area contributed by atoms with Gasteiger partial charge >= 0.3 is 0 Å². The number of halogens is 3. The quantitative estimate of drug-likeness (QED) is 0.465. The lowest BCUT2D eigenvalue weighted by Gasteiger charge is -2.44. The first-order chi connectivity index (χ1) is 18.1. The smallest absolute Gasteiger partial charge is 0.250 e. The Morgan fingerprint density at radius 3 is 2.37 bits per heavy atom. The van der Waals surface area contributed by atoms with Crippen molar-refractivity contribution in [3.8, 4) is 0 Å². The Hall–Kier alpha value is -2.48. The molecule has 2 aromatic carbocycles. The fourth-order valence-electron chi connectivity index (χ4n) is 5.18. The first kappa shape index (κ1) is 28.5. The molecule has 7 nitrogen and oxygen atoms in total. The summed E-state index contributed by atoms with van der Waals surface area (Å²) >= 11 is 18.2. The zero-order chi connectivity index (χ0) is 27.5. The molecule has 1 N–H and O–H groups in total. The number of nitrogens with zero attached hydrogens (tertiary/aromatic N) is 3. The van der Waals surface area contributed by atoms with Crippen molar-refractivity contribution in [2.75, 3.05) is 43.6 Å². The standard InChI is InChI=1S/C28H33Cl3N4O3/c1-27(2,18-29)25(37)33-14-11-28(12-15-33)26(38)34(19-35(28)22-6-4-3-5-7-22)17-24(36)32-13-10-20-8-9-21(30)16-23(20)31/h3-9,16H,10-15,17-19H2,1-2H3,(H,32,36). The number of rotatable bonds is 8. The molecule has 2 aliphatic rings. The predicted molar refractivity (Wildman–Crippen MR) is 152 cm³/mol. The summed E-state index contributed by atoms with van der Waals surface area (Å²) in [5, 5.41) is 4.02. The summed E-state index contributed by atoms with van der Waals surface area (Å²) in [6.07, 6.45) is 1.52. The molecule has 10 heteroatoms. The topological polar surface area (TPSA) is 73.0 Å². The monoisotopic (exact) mass is 578 g/mol. The number of benzene rings is 2. The minimum atomic E-state index is -0.805. The minimum Gasteiger partial charge on any atom is -0.354 e. The zero-order valence-electron chi connectivity index (χ0n) is 21.7. The summed E-state index contributed by atoms with van der Waals surface area (Å²) in [5.41, 5.74) is 0.342. The van der Waals surface area contributed by atoms with E-state index in [0.29, 0.717) is 55.6 Å². The highest BCUT2D eigenvalue weighted by atomic mass is 35.5. The molecule has 204 valence electrons. The highest BCUT2D eigenvalue weighted by Gasteiger charge is 2.54. The van der Waals surface area contributed by atoms with Crippen LogP contribution in [-0.2, 0) is 20.8 Å². The van der Waals surface area contributed by atoms with Crippen LogP contribution in [0.5, 0.6) is 0 Å². The molecule has 2 aliphatic heterocycles. The molecule has 1 spiro atoms. The number of carbonyl (C=O) groups is 3. The molecule has 0 radical (unpaired) electrons. The fourth-order valence-corrected chi connectivity index (χ4v) is 5.79. The summed E-state index contributed by atoms with van der Waals surface area (Å²) < 4.78 is 0. The van der Waals surface area contributed by atoms with Crippen molar-refractivity contribution in [2.24, 2.45) is 5.41 Å². The number of alkyl halides is 1. The van der Waals surface area contributed by atoms with Crippen molar-refractivity contribution < 1.29 is 14.4 Å². The predicted octanol–water partition coefficient (Wildman–Crippen LogP) is 4.58. The number of likely N-dealkylation sites (tertiary alicyclic amines) is 1. The van der Waals surface area contributed by atoms with Crippen LogP contribution in [0.25, 0.3) is 0 Å². The van der Waals surface area contributed by atoms with Crippen molar-refractivity contribution in [1.29, 1.82) is 0 Å². The fraction of sp³-hybridized carbons (Fsp3) is 0.464. The van der Waals surface area contributed by atoms with Gasteiger partial charge in [-0.15, -0.1) is 11.6 Å². The van der Waals surface area contributed by atoms with Crippen LogP contribution in [0.15, 0.2) is 48.5 Å². The van der Waals surface area contributed by atoms with Gasteiger partial charge in [-0.1, -0.05) is 47.5 Å². The second kappa shape index (κ2) is 11.7. The molecule has 2 heterocycles. The largest absolute Gasteiger partial charge is 0.354 e. The second-order valence-electron chi connectivity index (χ2n) is 10.6. The Balaban J connectivity index is 1.44. The van der Waals surface area contributed by atoms with E-state index in [1.54, 1.807) is 21.9 Å². The minimum absolute atomic E-state index is 0.00363. The van der Waals surface area contributed by atoms with Crippen LogP contribution < -0.4 is 10.2 Å². The average Bonchev–Trinajstić information content (AvgIpc) is 3.16. The van der Waals surface area contributed by atoms with Crippen LogP contribution in [0.3, 0.4) is 0 Å². The first-order valence-corrected chi connectivity index (χ1v) is 14.0. The van der Waals surface area contributed by atoms with E-state index >= 15 is 0 Å². The Bertz CT molecular complexity index is 1180. The van der Waals surface area contributed by atoms with E-state index in [-0.39, 0.29) is 30.1 Å². The molecule has 2 aromatic rings. The van der Waals surface area contributed by atoms with Gasteiger partial charge < -0.3 is 20.0 Å². The van der Waals surface area contributed by atoms with Gasteiger partial charge in [0.2, 0.25) is 11.8 Å². The van der Waals surface area contributed by atoms with Crippen LogP contribution in [0, 0.1) is 5.41 Å². The van der Waals surface area contributed by atoms with E-state index in [2.05, 4.69) is 10.2 Å². The lowest BCUT2D eigenvalue weighted by Crippen LogP contribution is -2.58. The lowest BCUT2D eigenvalue weighted by molar-refractivity contribution is -0.144. The molecule has 0 bridgehead atoms. The average molecular weight is 580 g/mol. The number of anilines is 1. The third-order valence-electron chi connectivity index (χ3n) is 7.44.